The van der Waals surface area contributed by atoms with Crippen molar-refractivity contribution in [3.63, 3.8) is 0 Å². The number of carbonyl (C=O) groups is 2. The molecule has 0 fully saturated rings. The molecule has 0 aliphatic heterocycles. The molecule has 2 rings (SSSR count). The largest absolute Gasteiger partial charge is 0.273 e. The number of hydrogen-bond donors (Lipinski definition) is 2. The third kappa shape index (κ3) is 4.66. The molecule has 0 atom stereocenters. The second-order valence-corrected chi connectivity index (χ2v) is 5.76. The summed E-state index contributed by atoms with van der Waals surface area (Å²) < 4.78 is 15.3. The first kappa shape index (κ1) is 19.1. The molecule has 2 N–H and O–H groups in total. The predicted molar refractivity (Wildman–Crippen MR) is 92.3 cm³/mol. The van der Waals surface area contributed by atoms with Crippen LogP contribution in [0.5, 0.6) is 0 Å². The first-order valence-electron chi connectivity index (χ1n) is 8.17. The number of hydrazine groups is 1. The van der Waals surface area contributed by atoms with Crippen molar-refractivity contribution in [2.24, 2.45) is 0 Å². The Bertz CT molecular complexity index is 854. The highest BCUT2D eigenvalue weighted by Crippen LogP contribution is 2.15. The number of aryl methyl sites for hydroxylation is 2. The van der Waals surface area contributed by atoms with Crippen LogP contribution in [0.1, 0.15) is 40.2 Å². The topological polar surface area (TPSA) is 99.8 Å². The van der Waals surface area contributed by atoms with E-state index in [-0.39, 0.29) is 12.0 Å². The Morgan fingerprint density at radius 3 is 2.69 bits per heavy atom. The quantitative estimate of drug-likeness (QED) is 0.772. The molecule has 2 amide bonds. The summed E-state index contributed by atoms with van der Waals surface area (Å²) in [5.74, 6) is -1.76. The van der Waals surface area contributed by atoms with Gasteiger partial charge in [-0.3, -0.25) is 25.1 Å². The maximum Gasteiger partial charge on any atom is 0.272 e. The highest BCUT2D eigenvalue weighted by Gasteiger charge is 2.14. The first-order chi connectivity index (χ1) is 12.4. The number of carbonyl (C=O) groups excluding carboxylic acids is 2. The Labute approximate surface area is 150 Å². The highest BCUT2D eigenvalue weighted by atomic mass is 19.1. The van der Waals surface area contributed by atoms with E-state index in [4.69, 9.17) is 5.26 Å². The predicted octanol–water partition coefficient (Wildman–Crippen LogP) is 1.95. The molecule has 0 aliphatic carbocycles. The number of nitrogens with zero attached hydrogens (tertiary/aromatic N) is 3. The van der Waals surface area contributed by atoms with Crippen molar-refractivity contribution in [2.75, 3.05) is 0 Å². The van der Waals surface area contributed by atoms with Crippen LogP contribution < -0.4 is 10.9 Å². The van der Waals surface area contributed by atoms with Crippen LogP contribution in [-0.4, -0.2) is 21.6 Å². The van der Waals surface area contributed by atoms with Crippen molar-refractivity contribution in [3.05, 3.63) is 52.6 Å². The molecule has 0 radical (unpaired) electrons. The average molecular weight is 357 g/mol. The summed E-state index contributed by atoms with van der Waals surface area (Å²) >= 11 is 0. The molecule has 1 heterocycles. The number of aromatic nitrogens is 2. The highest BCUT2D eigenvalue weighted by molar-refractivity contribution is 5.95. The number of hydrogen-bond acceptors (Lipinski definition) is 4. The molecule has 136 valence electrons. The van der Waals surface area contributed by atoms with E-state index < -0.39 is 17.6 Å². The molecule has 0 spiro atoms. The third-order valence-electron chi connectivity index (χ3n) is 4.00. The number of nitrogens with one attached hydrogen (secondary N) is 2. The Morgan fingerprint density at radius 1 is 1.27 bits per heavy atom. The van der Waals surface area contributed by atoms with Gasteiger partial charge in [-0.05, 0) is 38.0 Å². The molecule has 26 heavy (non-hydrogen) atoms. The molecule has 0 saturated heterocycles. The van der Waals surface area contributed by atoms with Gasteiger partial charge < -0.3 is 0 Å². The SMILES string of the molecule is Cc1nn(CCC#N)c(C)c1CCC(=O)NNC(=O)c1ccccc1F. The van der Waals surface area contributed by atoms with Gasteiger partial charge in [-0.2, -0.15) is 10.4 Å². The van der Waals surface area contributed by atoms with Crippen molar-refractivity contribution in [1.82, 2.24) is 20.6 Å². The first-order valence-corrected chi connectivity index (χ1v) is 8.17. The molecule has 0 saturated carbocycles. The monoisotopic (exact) mass is 357 g/mol. The van der Waals surface area contributed by atoms with Crippen LogP contribution >= 0.6 is 0 Å². The number of rotatable bonds is 6. The molecule has 1 aromatic carbocycles. The molecule has 0 unspecified atom stereocenters. The lowest BCUT2D eigenvalue weighted by Gasteiger charge is -2.08. The average Bonchev–Trinajstić information content (AvgIpc) is 2.89. The van der Waals surface area contributed by atoms with E-state index in [9.17, 15) is 14.0 Å². The molecular weight excluding hydrogens is 337 g/mol. The van der Waals surface area contributed by atoms with E-state index in [1.54, 1.807) is 4.68 Å². The summed E-state index contributed by atoms with van der Waals surface area (Å²) in [5.41, 5.74) is 7.01. The Kier molecular flexibility index (Phi) is 6.44. The maximum atomic E-state index is 13.5. The van der Waals surface area contributed by atoms with Crippen LogP contribution in [0.15, 0.2) is 24.3 Å². The lowest BCUT2D eigenvalue weighted by Crippen LogP contribution is -2.42. The van der Waals surface area contributed by atoms with Crippen molar-refractivity contribution < 1.29 is 14.0 Å². The second kappa shape index (κ2) is 8.76. The smallest absolute Gasteiger partial charge is 0.272 e. The summed E-state index contributed by atoms with van der Waals surface area (Å²) in [7, 11) is 0. The number of nitriles is 1. The minimum absolute atomic E-state index is 0.141. The van der Waals surface area contributed by atoms with E-state index in [0.29, 0.717) is 19.4 Å². The van der Waals surface area contributed by atoms with Crippen LogP contribution in [0.25, 0.3) is 0 Å². The third-order valence-corrected chi connectivity index (χ3v) is 4.00. The van der Waals surface area contributed by atoms with E-state index >= 15 is 0 Å². The van der Waals surface area contributed by atoms with Crippen LogP contribution in [-0.2, 0) is 17.8 Å². The summed E-state index contributed by atoms with van der Waals surface area (Å²) in [4.78, 5) is 23.8. The summed E-state index contributed by atoms with van der Waals surface area (Å²) in [6.07, 6.45) is 0.957. The van der Waals surface area contributed by atoms with Gasteiger partial charge in [-0.15, -0.1) is 0 Å². The Hall–Kier alpha value is -3.21. The van der Waals surface area contributed by atoms with Crippen molar-refractivity contribution in [3.8, 4) is 6.07 Å². The molecule has 8 heteroatoms. The van der Waals surface area contributed by atoms with Crippen LogP contribution in [0, 0.1) is 31.0 Å². The Balaban J connectivity index is 1.88. The molecule has 0 aliphatic rings. The fourth-order valence-electron chi connectivity index (χ4n) is 2.61. The van der Waals surface area contributed by atoms with Crippen molar-refractivity contribution in [2.45, 2.75) is 39.7 Å². The van der Waals surface area contributed by atoms with Gasteiger partial charge in [0.15, 0.2) is 0 Å². The lowest BCUT2D eigenvalue weighted by molar-refractivity contribution is -0.121. The van der Waals surface area contributed by atoms with Crippen molar-refractivity contribution >= 4 is 11.8 Å². The van der Waals surface area contributed by atoms with Gasteiger partial charge in [0.2, 0.25) is 5.91 Å². The zero-order valence-electron chi connectivity index (χ0n) is 14.7. The van der Waals surface area contributed by atoms with E-state index in [1.807, 2.05) is 13.8 Å². The van der Waals surface area contributed by atoms with Crippen LogP contribution in [0.2, 0.25) is 0 Å². The fraction of sp³-hybridized carbons (Fsp3) is 0.333. The number of amides is 2. The summed E-state index contributed by atoms with van der Waals surface area (Å²) in [6, 6.07) is 7.60. The van der Waals surface area contributed by atoms with Crippen LogP contribution in [0.3, 0.4) is 0 Å². The number of benzene rings is 1. The van der Waals surface area contributed by atoms with Gasteiger partial charge >= 0.3 is 0 Å². The standard InChI is InChI=1S/C18H20FN5O2/c1-12-14(13(2)24(23-12)11-5-10-20)8-9-17(25)21-22-18(26)15-6-3-4-7-16(15)19/h3-4,6-7H,5,8-9,11H2,1-2H3,(H,21,25)(H,22,26). The molecule has 0 bridgehead atoms. The summed E-state index contributed by atoms with van der Waals surface area (Å²) in [6.45, 7) is 4.25. The normalized spacial score (nSPS) is 10.2. The van der Waals surface area contributed by atoms with E-state index in [1.165, 1.54) is 24.3 Å². The fourth-order valence-corrected chi connectivity index (χ4v) is 2.61. The van der Waals surface area contributed by atoms with Crippen LogP contribution in [0.4, 0.5) is 4.39 Å². The van der Waals surface area contributed by atoms with E-state index in [2.05, 4.69) is 22.0 Å². The zero-order chi connectivity index (χ0) is 19.1. The molecule has 1 aromatic heterocycles. The number of halogens is 1. The minimum Gasteiger partial charge on any atom is -0.273 e. The minimum atomic E-state index is -0.715. The van der Waals surface area contributed by atoms with Gasteiger partial charge in [-0.1, -0.05) is 12.1 Å². The lowest BCUT2D eigenvalue weighted by atomic mass is 10.1. The van der Waals surface area contributed by atoms with Gasteiger partial charge in [0.1, 0.15) is 5.82 Å². The van der Waals surface area contributed by atoms with Crippen molar-refractivity contribution in [1.29, 1.82) is 5.26 Å². The molecule has 7 nitrogen and oxygen atoms in total. The van der Waals surface area contributed by atoms with Gasteiger partial charge in [0, 0.05) is 12.1 Å². The summed E-state index contributed by atoms with van der Waals surface area (Å²) in [5, 5.41) is 13.0. The zero-order valence-corrected chi connectivity index (χ0v) is 14.7. The molecule has 2 aromatic rings. The molecular formula is C18H20FN5O2. The van der Waals surface area contributed by atoms with Gasteiger partial charge in [0.25, 0.3) is 5.91 Å². The van der Waals surface area contributed by atoms with E-state index in [0.717, 1.165) is 17.0 Å². The Morgan fingerprint density at radius 2 is 2.00 bits per heavy atom. The van der Waals surface area contributed by atoms with Gasteiger partial charge in [-0.25, -0.2) is 4.39 Å². The second-order valence-electron chi connectivity index (χ2n) is 5.76. The maximum absolute atomic E-state index is 13.5. The van der Waals surface area contributed by atoms with Gasteiger partial charge in [0.05, 0.1) is 30.3 Å².